The van der Waals surface area contributed by atoms with Gasteiger partial charge in [-0.15, -0.1) is 0 Å². The van der Waals surface area contributed by atoms with Crippen LogP contribution < -0.4 is 5.32 Å². The van der Waals surface area contributed by atoms with Gasteiger partial charge in [-0.25, -0.2) is 9.97 Å². The summed E-state index contributed by atoms with van der Waals surface area (Å²) in [5.74, 6) is -0.00520. The molecule has 1 aromatic carbocycles. The molecule has 41 heavy (non-hydrogen) atoms. The van der Waals surface area contributed by atoms with Crippen LogP contribution in [0.2, 0.25) is 26.8 Å². The molecule has 4 rings (SSSR count). The Morgan fingerprint density at radius 3 is 2.44 bits per heavy atom. The third-order valence-corrected chi connectivity index (χ3v) is 15.0. The van der Waals surface area contributed by atoms with Crippen molar-refractivity contribution in [2.45, 2.75) is 89.7 Å². The summed E-state index contributed by atoms with van der Waals surface area (Å²) in [5.41, 5.74) is 2.72. The number of nitrogens with zero attached hydrogens (tertiary/aromatic N) is 4. The minimum atomic E-state index is -2.14. The molecule has 0 saturated heterocycles. The average molecular weight is 619 g/mol. The van der Waals surface area contributed by atoms with Gasteiger partial charge in [0.2, 0.25) is 14.1 Å². The predicted octanol–water partition coefficient (Wildman–Crippen LogP) is 7.00. The second-order valence-corrected chi connectivity index (χ2v) is 18.2. The van der Waals surface area contributed by atoms with E-state index in [-0.39, 0.29) is 46.9 Å². The van der Waals surface area contributed by atoms with Crippen molar-refractivity contribution < 1.29 is 14.3 Å². The van der Waals surface area contributed by atoms with Crippen molar-refractivity contribution in [1.29, 1.82) is 0 Å². The van der Waals surface area contributed by atoms with Gasteiger partial charge in [-0.1, -0.05) is 76.9 Å². The normalized spacial score (nSPS) is 19.5. The number of benzene rings is 1. The van der Waals surface area contributed by atoms with Crippen molar-refractivity contribution in [2.75, 3.05) is 11.9 Å². The minimum Gasteiger partial charge on any atom is -0.413 e. The van der Waals surface area contributed by atoms with E-state index in [1.807, 2.05) is 24.3 Å². The fraction of sp³-hybridized carbons (Fsp3) is 0.533. The zero-order chi connectivity index (χ0) is 29.9. The van der Waals surface area contributed by atoms with Crippen LogP contribution in [0.4, 0.5) is 5.82 Å². The first-order valence-electron chi connectivity index (χ1n) is 14.3. The minimum absolute atomic E-state index is 0.00530. The molecule has 1 aliphatic carbocycles. The molecule has 11 heteroatoms. The maximum Gasteiger partial charge on any atom is 0.220 e. The quantitative estimate of drug-likeness (QED) is 0.128. The molecule has 3 atom stereocenters. The molecule has 0 spiro atoms. The van der Waals surface area contributed by atoms with Gasteiger partial charge in [-0.05, 0) is 53.2 Å². The summed E-state index contributed by atoms with van der Waals surface area (Å²) in [6.45, 7) is 14.1. The summed E-state index contributed by atoms with van der Waals surface area (Å²) in [6, 6.07) is 9.12. The topological polar surface area (TPSA) is 102 Å². The standard InChI is InChI=1S/C30H41Cl2N5O3Si/c1-18(2)41(19(3)4,20(5)6)40-26-14-24(13-22(26)16-38)35-30-27(29(32)33-17-34-30)28(39)25-10-11-37(36-25)15-21-8-7-9-23(31)12-21/h7-12,17-20,22,24,26,38H,13-16H2,1-6H3,(H,33,34,35)/t22-,24-,26+/m1/s1. The van der Waals surface area contributed by atoms with Gasteiger partial charge in [-0.3, -0.25) is 9.48 Å². The summed E-state index contributed by atoms with van der Waals surface area (Å²) >= 11 is 12.6. The smallest absolute Gasteiger partial charge is 0.220 e. The molecule has 1 fully saturated rings. The highest BCUT2D eigenvalue weighted by Crippen LogP contribution is 2.46. The summed E-state index contributed by atoms with van der Waals surface area (Å²) in [7, 11) is -2.14. The molecule has 3 aromatic rings. The lowest BCUT2D eigenvalue weighted by molar-refractivity contribution is 0.0941. The molecule has 0 amide bonds. The third-order valence-electron chi connectivity index (χ3n) is 8.40. The zero-order valence-corrected chi connectivity index (χ0v) is 27.2. The van der Waals surface area contributed by atoms with Crippen LogP contribution in [0.1, 0.15) is 76.0 Å². The monoisotopic (exact) mass is 617 g/mol. The number of hydrogen-bond acceptors (Lipinski definition) is 7. The second kappa shape index (κ2) is 13.3. The van der Waals surface area contributed by atoms with E-state index >= 15 is 0 Å². The van der Waals surface area contributed by atoms with Crippen molar-refractivity contribution in [2.24, 2.45) is 5.92 Å². The van der Waals surface area contributed by atoms with Crippen molar-refractivity contribution in [3.63, 3.8) is 0 Å². The number of halogens is 2. The van der Waals surface area contributed by atoms with Crippen molar-refractivity contribution >= 4 is 43.1 Å². The van der Waals surface area contributed by atoms with Crippen LogP contribution in [0.25, 0.3) is 0 Å². The predicted molar refractivity (Wildman–Crippen MR) is 166 cm³/mol. The summed E-state index contributed by atoms with van der Waals surface area (Å²) in [5, 5.41) is 18.9. The Balaban J connectivity index is 1.53. The number of hydrogen-bond donors (Lipinski definition) is 2. The van der Waals surface area contributed by atoms with Crippen LogP contribution in [-0.2, 0) is 11.0 Å². The first kappa shape index (κ1) is 31.6. The van der Waals surface area contributed by atoms with Crippen molar-refractivity contribution in [3.05, 3.63) is 69.9 Å². The van der Waals surface area contributed by atoms with Crippen LogP contribution in [0, 0.1) is 5.92 Å². The number of nitrogens with one attached hydrogen (secondary N) is 1. The van der Waals surface area contributed by atoms with Gasteiger partial charge in [-0.2, -0.15) is 5.10 Å². The first-order valence-corrected chi connectivity index (χ1v) is 17.2. The van der Waals surface area contributed by atoms with Crippen molar-refractivity contribution in [1.82, 2.24) is 19.7 Å². The maximum absolute atomic E-state index is 13.6. The number of carbonyl (C=O) groups excluding carboxylic acids is 1. The van der Waals surface area contributed by atoms with E-state index in [1.165, 1.54) is 6.33 Å². The second-order valence-electron chi connectivity index (χ2n) is 12.0. The highest BCUT2D eigenvalue weighted by molar-refractivity contribution is 6.77. The Morgan fingerprint density at radius 2 is 1.80 bits per heavy atom. The Labute approximate surface area is 254 Å². The van der Waals surface area contributed by atoms with Crippen LogP contribution in [0.15, 0.2) is 42.9 Å². The molecule has 2 heterocycles. The van der Waals surface area contributed by atoms with Gasteiger partial charge in [0.1, 0.15) is 28.6 Å². The lowest BCUT2D eigenvalue weighted by atomic mass is 10.1. The zero-order valence-electron chi connectivity index (χ0n) is 24.6. The molecule has 0 unspecified atom stereocenters. The Hall–Kier alpha value is -2.30. The van der Waals surface area contributed by atoms with Gasteiger partial charge in [0.25, 0.3) is 0 Å². The molecule has 0 aliphatic heterocycles. The van der Waals surface area contributed by atoms with E-state index in [2.05, 4.69) is 61.9 Å². The van der Waals surface area contributed by atoms with E-state index in [0.717, 1.165) is 5.56 Å². The Kier molecular flexibility index (Phi) is 10.3. The van der Waals surface area contributed by atoms with E-state index in [0.29, 0.717) is 46.9 Å². The fourth-order valence-electron chi connectivity index (χ4n) is 6.60. The molecule has 8 nitrogen and oxygen atoms in total. The number of rotatable bonds is 12. The van der Waals surface area contributed by atoms with Gasteiger partial charge < -0.3 is 14.8 Å². The highest BCUT2D eigenvalue weighted by Gasteiger charge is 2.49. The van der Waals surface area contributed by atoms with Gasteiger partial charge in [0, 0.05) is 29.8 Å². The summed E-state index contributed by atoms with van der Waals surface area (Å²) in [4.78, 5) is 22.1. The number of aliphatic hydroxyl groups is 1. The van der Waals surface area contributed by atoms with Crippen LogP contribution in [-0.4, -0.2) is 57.7 Å². The lowest BCUT2D eigenvalue weighted by Gasteiger charge is -2.45. The van der Waals surface area contributed by atoms with E-state index in [9.17, 15) is 9.90 Å². The summed E-state index contributed by atoms with van der Waals surface area (Å²) < 4.78 is 8.76. The van der Waals surface area contributed by atoms with E-state index in [4.69, 9.17) is 27.6 Å². The Bertz CT molecular complexity index is 1330. The molecule has 1 aliphatic rings. The highest BCUT2D eigenvalue weighted by atomic mass is 35.5. The van der Waals surface area contributed by atoms with Crippen LogP contribution in [0.5, 0.6) is 0 Å². The van der Waals surface area contributed by atoms with Gasteiger partial charge in [0.05, 0.1) is 12.6 Å². The number of aliphatic hydroxyl groups excluding tert-OH is 1. The van der Waals surface area contributed by atoms with E-state index < -0.39 is 8.32 Å². The molecule has 2 aromatic heterocycles. The molecule has 0 bridgehead atoms. The van der Waals surface area contributed by atoms with Crippen molar-refractivity contribution in [3.8, 4) is 0 Å². The molecular weight excluding hydrogens is 577 g/mol. The van der Waals surface area contributed by atoms with E-state index in [1.54, 1.807) is 16.9 Å². The molecule has 0 radical (unpaired) electrons. The fourth-order valence-corrected chi connectivity index (χ4v) is 12.7. The molecule has 222 valence electrons. The van der Waals surface area contributed by atoms with Crippen LogP contribution in [0.3, 0.4) is 0 Å². The van der Waals surface area contributed by atoms with Gasteiger partial charge >= 0.3 is 0 Å². The number of ketones is 1. The average Bonchev–Trinajstić information content (AvgIpc) is 3.53. The number of anilines is 1. The Morgan fingerprint density at radius 1 is 1.10 bits per heavy atom. The van der Waals surface area contributed by atoms with Gasteiger partial charge in [0.15, 0.2) is 0 Å². The molecule has 2 N–H and O–H groups in total. The largest absolute Gasteiger partial charge is 0.413 e. The SMILES string of the molecule is CC(C)[Si](O[C@H]1C[C@H](Nc2ncnc(Cl)c2C(=O)c2ccn(Cc3cccc(Cl)c3)n2)C[C@@H]1CO)(C(C)C)C(C)C. The van der Waals surface area contributed by atoms with Crippen LogP contribution >= 0.6 is 23.2 Å². The number of carbonyl (C=O) groups is 1. The molecule has 1 saturated carbocycles. The lowest BCUT2D eigenvalue weighted by Crippen LogP contribution is -2.51. The first-order chi connectivity index (χ1) is 19.5. The summed E-state index contributed by atoms with van der Waals surface area (Å²) in [6.07, 6.45) is 4.42. The maximum atomic E-state index is 13.6. The third kappa shape index (κ3) is 6.86. The molecular formula is C30H41Cl2N5O3Si. The number of aromatic nitrogens is 4.